The first-order valence-corrected chi connectivity index (χ1v) is 27.7. The summed E-state index contributed by atoms with van der Waals surface area (Å²) in [6.07, 6.45) is -23.7. The van der Waals surface area contributed by atoms with Gasteiger partial charge in [-0.2, -0.15) is 0 Å². The molecule has 440 valence electrons. The highest BCUT2D eigenvalue weighted by Crippen LogP contribution is 2.76. The lowest BCUT2D eigenvalue weighted by atomic mass is 9.35. The minimum atomic E-state index is -1.81. The van der Waals surface area contributed by atoms with Gasteiger partial charge in [-0.05, 0) is 131 Å². The van der Waals surface area contributed by atoms with Gasteiger partial charge in [-0.15, -0.1) is 0 Å². The maximum atomic E-state index is 12.8. The summed E-state index contributed by atoms with van der Waals surface area (Å²) >= 11 is 0. The van der Waals surface area contributed by atoms with Crippen molar-refractivity contribution in [2.75, 3.05) is 19.8 Å². The lowest BCUT2D eigenvalue weighted by Crippen LogP contribution is -2.68. The first-order chi connectivity index (χ1) is 35.5. The van der Waals surface area contributed by atoms with E-state index in [0.29, 0.717) is 38.5 Å². The molecule has 0 aromatic rings. The molecule has 4 saturated heterocycles. The van der Waals surface area contributed by atoms with Crippen molar-refractivity contribution in [3.05, 3.63) is 11.6 Å². The normalized spacial score (nSPS) is 53.2. The van der Waals surface area contributed by atoms with E-state index in [-0.39, 0.29) is 34.5 Å². The van der Waals surface area contributed by atoms with Crippen LogP contribution in [0.2, 0.25) is 0 Å². The number of aliphatic hydroxyl groups excluding tert-OH is 14. The third-order valence-electron chi connectivity index (χ3n) is 20.9. The first kappa shape index (κ1) is 60.9. The maximum absolute atomic E-state index is 12.8. The molecule has 30 atom stereocenters. The third-order valence-corrected chi connectivity index (χ3v) is 20.9. The molecule has 4 heterocycles. The molecule has 4 aliphatic carbocycles. The Morgan fingerprint density at radius 2 is 1.13 bits per heavy atom. The number of fused-ring (bicyclic) bond motifs is 5. The predicted molar refractivity (Wildman–Crippen MR) is 265 cm³/mol. The highest BCUT2D eigenvalue weighted by Gasteiger charge is 2.72. The second-order valence-corrected chi connectivity index (χ2v) is 25.7. The van der Waals surface area contributed by atoms with Crippen LogP contribution in [0.25, 0.3) is 0 Å². The number of hydrogen-bond acceptors (Lipinski definition) is 22. The Bertz CT molecular complexity index is 1980. The highest BCUT2D eigenvalue weighted by atomic mass is 16.8. The zero-order valence-electron chi connectivity index (χ0n) is 45.6. The van der Waals surface area contributed by atoms with Gasteiger partial charge >= 0.3 is 0 Å². The van der Waals surface area contributed by atoms with Crippen molar-refractivity contribution >= 4 is 0 Å². The smallest absolute Gasteiger partial charge is 0.187 e. The van der Waals surface area contributed by atoms with E-state index in [2.05, 4.69) is 40.7 Å². The van der Waals surface area contributed by atoms with Crippen molar-refractivity contribution in [2.24, 2.45) is 45.3 Å². The Morgan fingerprint density at radius 3 is 1.76 bits per heavy atom. The molecule has 8 fully saturated rings. The fourth-order valence-electron chi connectivity index (χ4n) is 16.2. The first-order valence-electron chi connectivity index (χ1n) is 27.7. The number of aliphatic hydroxyl groups is 14. The van der Waals surface area contributed by atoms with Crippen molar-refractivity contribution in [2.45, 2.75) is 261 Å². The molecule has 0 unspecified atom stereocenters. The second kappa shape index (κ2) is 22.9. The van der Waals surface area contributed by atoms with Crippen LogP contribution >= 0.6 is 0 Å². The van der Waals surface area contributed by atoms with Crippen LogP contribution in [-0.2, 0) is 37.9 Å². The van der Waals surface area contributed by atoms with E-state index in [1.54, 1.807) is 0 Å². The minimum absolute atomic E-state index is 0.0493. The van der Waals surface area contributed by atoms with Crippen molar-refractivity contribution in [1.82, 2.24) is 0 Å². The number of hydrogen-bond donors (Lipinski definition) is 14. The van der Waals surface area contributed by atoms with Crippen LogP contribution in [0.4, 0.5) is 0 Å². The van der Waals surface area contributed by atoms with Gasteiger partial charge in [-0.25, -0.2) is 0 Å². The molecule has 0 amide bonds. The molecular formula is C54H92O22. The Hall–Kier alpha value is -1.14. The van der Waals surface area contributed by atoms with E-state index in [0.717, 1.165) is 24.8 Å². The quantitative estimate of drug-likeness (QED) is 0.0678. The molecule has 8 rings (SSSR count). The van der Waals surface area contributed by atoms with Gasteiger partial charge < -0.3 is 109 Å². The van der Waals surface area contributed by atoms with Gasteiger partial charge in [0, 0.05) is 0 Å². The topological polar surface area (TPSA) is 357 Å². The SMILES string of the molecule is CC(C)=CCC[C@](C)(O[C@@H]1O[C@H](CO[C@@H]2O[C@@H](C)[C@H](O)[C@@H](O)[C@H]2O)[C@@H](O)[C@H](O)[C@H]1O)[C@H]1CC[C@]2(C)[C@H]1[C@H](O)C[C@@H]1[C@@]3(C)CC[C@H](O[C@@H]4O[C@H](CO)[C@@H](O)[C@H](O)[C@H]4O[C@@H]4O[C@H](CO)[C@@H](O)[C@H](O)[C@H]4O)C(C)(C)[C@@H]3CC[C@]12C. The lowest BCUT2D eigenvalue weighted by Gasteiger charge is -2.71. The van der Waals surface area contributed by atoms with Gasteiger partial charge in [-0.1, -0.05) is 46.3 Å². The number of allylic oxidation sites excluding steroid dienone is 2. The van der Waals surface area contributed by atoms with Crippen LogP contribution in [0.3, 0.4) is 0 Å². The third kappa shape index (κ3) is 10.5. The van der Waals surface area contributed by atoms with E-state index in [9.17, 15) is 71.5 Å². The molecule has 4 aliphatic heterocycles. The van der Waals surface area contributed by atoms with Crippen molar-refractivity contribution < 1.29 is 109 Å². The maximum Gasteiger partial charge on any atom is 0.187 e. The standard InChI is InChI=1S/C54H92O22/c1-23(2)11-10-15-54(9,76-48-44(68)40(64)37(61)29(73-48)22-69-46-42(66)38(62)34(58)24(3)70-46)25-12-17-53(8)33(25)26(57)19-31-51(6)16-14-32(50(4,5)30(51)13-18-52(31,53)7)74-49-45(41(65)36(60)28(21-56)72-49)75-47-43(67)39(63)35(59)27(20-55)71-47/h11,24-49,55-68H,10,12-22H2,1-9H3/t24-,25-,26+,27+,28+,29+,30-,31+,32-,33+,34-,35+,36+,37+,38+,39-,40-,41-,42+,43+,44+,45+,46+,47-,48-,49-,51-,52+,53+,54-/m0/s1. The Morgan fingerprint density at radius 1 is 0.579 bits per heavy atom. The number of rotatable bonds is 15. The van der Waals surface area contributed by atoms with Gasteiger partial charge in [0.05, 0.1) is 43.7 Å². The van der Waals surface area contributed by atoms with Gasteiger partial charge in [0.1, 0.15) is 91.6 Å². The molecule has 8 aliphatic rings. The summed E-state index contributed by atoms with van der Waals surface area (Å²) in [4.78, 5) is 0. The van der Waals surface area contributed by atoms with Gasteiger partial charge in [0.2, 0.25) is 0 Å². The van der Waals surface area contributed by atoms with Crippen molar-refractivity contribution in [3.63, 3.8) is 0 Å². The largest absolute Gasteiger partial charge is 0.394 e. The molecule has 0 radical (unpaired) electrons. The molecule has 22 heteroatoms. The summed E-state index contributed by atoms with van der Waals surface area (Å²) in [6, 6.07) is 0. The molecule has 4 saturated carbocycles. The van der Waals surface area contributed by atoms with Crippen LogP contribution < -0.4 is 0 Å². The molecule has 0 aromatic heterocycles. The molecule has 22 nitrogen and oxygen atoms in total. The number of ether oxygens (including phenoxy) is 8. The molecule has 0 aromatic carbocycles. The molecule has 76 heavy (non-hydrogen) atoms. The second-order valence-electron chi connectivity index (χ2n) is 25.7. The fraction of sp³-hybridized carbons (Fsp3) is 0.963. The van der Waals surface area contributed by atoms with E-state index in [1.165, 1.54) is 6.92 Å². The summed E-state index contributed by atoms with van der Waals surface area (Å²) < 4.78 is 49.1. The van der Waals surface area contributed by atoms with E-state index in [4.69, 9.17) is 37.9 Å². The van der Waals surface area contributed by atoms with Crippen LogP contribution in [0.1, 0.15) is 120 Å². The Kier molecular flexibility index (Phi) is 18.4. The van der Waals surface area contributed by atoms with E-state index < -0.39 is 171 Å². The van der Waals surface area contributed by atoms with Crippen molar-refractivity contribution in [1.29, 1.82) is 0 Å². The summed E-state index contributed by atoms with van der Waals surface area (Å²) in [6.45, 7) is 16.9. The zero-order chi connectivity index (χ0) is 55.9. The van der Waals surface area contributed by atoms with Gasteiger partial charge in [0.15, 0.2) is 25.2 Å². The predicted octanol–water partition coefficient (Wildman–Crippen LogP) is -1.17. The Labute approximate surface area is 445 Å². The van der Waals surface area contributed by atoms with Crippen LogP contribution in [0.5, 0.6) is 0 Å². The molecule has 14 N–H and O–H groups in total. The zero-order valence-corrected chi connectivity index (χ0v) is 45.6. The minimum Gasteiger partial charge on any atom is -0.394 e. The lowest BCUT2D eigenvalue weighted by molar-refractivity contribution is -0.378. The fourth-order valence-corrected chi connectivity index (χ4v) is 16.2. The van der Waals surface area contributed by atoms with Crippen LogP contribution in [-0.4, -0.2) is 232 Å². The van der Waals surface area contributed by atoms with Gasteiger partial charge in [0.25, 0.3) is 0 Å². The summed E-state index contributed by atoms with van der Waals surface area (Å²) in [5, 5.41) is 152. The van der Waals surface area contributed by atoms with Crippen LogP contribution in [0, 0.1) is 45.3 Å². The average Bonchev–Trinajstić information content (AvgIpc) is 3.77. The molecule has 0 bridgehead atoms. The van der Waals surface area contributed by atoms with E-state index >= 15 is 0 Å². The summed E-state index contributed by atoms with van der Waals surface area (Å²) in [5.74, 6) is -0.404. The van der Waals surface area contributed by atoms with Crippen LogP contribution in [0.15, 0.2) is 11.6 Å². The van der Waals surface area contributed by atoms with Crippen molar-refractivity contribution in [3.8, 4) is 0 Å². The Balaban J connectivity index is 1.01. The molecular weight excluding hydrogens is 1000 g/mol. The van der Waals surface area contributed by atoms with E-state index in [1.807, 2.05) is 20.8 Å². The van der Waals surface area contributed by atoms with Gasteiger partial charge in [-0.3, -0.25) is 0 Å². The summed E-state index contributed by atoms with van der Waals surface area (Å²) in [7, 11) is 0. The summed E-state index contributed by atoms with van der Waals surface area (Å²) in [5.41, 5.74) is -1.49. The molecule has 0 spiro atoms. The highest BCUT2D eigenvalue weighted by molar-refractivity contribution is 5.20. The monoisotopic (exact) mass is 1090 g/mol. The average molecular weight is 1090 g/mol.